The molecule has 2 N–H and O–H groups in total. The Bertz CT molecular complexity index is 719. The minimum Gasteiger partial charge on any atom is -0.469 e. The monoisotopic (exact) mass is 488 g/mol. The molecule has 9 heteroatoms. The van der Waals surface area contributed by atoms with E-state index >= 15 is 0 Å². The molecule has 150 valence electrons. The average molecular weight is 488 g/mol. The molecule has 0 bridgehead atoms. The lowest BCUT2D eigenvalue weighted by Crippen LogP contribution is -2.37. The number of nitrogens with zero attached hydrogens (tertiary/aromatic N) is 4. The number of carbonyl (C=O) groups is 1. The number of fused-ring (bicyclic) bond motifs is 1. The summed E-state index contributed by atoms with van der Waals surface area (Å²) < 4.78 is 6.57. The maximum absolute atomic E-state index is 11.0. The summed E-state index contributed by atoms with van der Waals surface area (Å²) in [7, 11) is 1.43. The van der Waals surface area contributed by atoms with Crippen LogP contribution in [0.2, 0.25) is 0 Å². The molecule has 0 radical (unpaired) electrons. The number of guanidine groups is 1. The molecular formula is C18H29IN6O2. The van der Waals surface area contributed by atoms with Gasteiger partial charge in [-0.05, 0) is 31.9 Å². The summed E-state index contributed by atoms with van der Waals surface area (Å²) in [6.45, 7) is 4.13. The highest BCUT2D eigenvalue weighted by Gasteiger charge is 2.04. The number of ether oxygens (including phenoxy) is 1. The molecule has 0 aliphatic heterocycles. The number of unbranched alkanes of at least 4 members (excludes halogenated alkanes) is 3. The van der Waals surface area contributed by atoms with Crippen LogP contribution >= 0.6 is 24.0 Å². The quantitative estimate of drug-likeness (QED) is 0.176. The summed E-state index contributed by atoms with van der Waals surface area (Å²) in [5.74, 6) is 1.45. The predicted molar refractivity (Wildman–Crippen MR) is 116 cm³/mol. The largest absolute Gasteiger partial charge is 0.469 e. The first-order chi connectivity index (χ1) is 12.7. The molecule has 0 atom stereocenters. The number of hydrogen-bond donors (Lipinski definition) is 2. The summed E-state index contributed by atoms with van der Waals surface area (Å²) in [6.07, 6.45) is 6.43. The van der Waals surface area contributed by atoms with E-state index < -0.39 is 0 Å². The van der Waals surface area contributed by atoms with E-state index in [0.29, 0.717) is 13.0 Å². The molecule has 0 saturated carbocycles. The Hall–Kier alpha value is -1.91. The lowest BCUT2D eigenvalue weighted by atomic mass is 10.1. The fourth-order valence-electron chi connectivity index (χ4n) is 2.55. The van der Waals surface area contributed by atoms with Gasteiger partial charge in [-0.15, -0.1) is 34.2 Å². The lowest BCUT2D eigenvalue weighted by Gasteiger charge is -2.11. The van der Waals surface area contributed by atoms with Crippen LogP contribution in [0.3, 0.4) is 0 Å². The number of pyridine rings is 1. The third-order valence-electron chi connectivity index (χ3n) is 3.93. The Kier molecular flexibility index (Phi) is 11.4. The van der Waals surface area contributed by atoms with E-state index in [1.807, 2.05) is 35.7 Å². The summed E-state index contributed by atoms with van der Waals surface area (Å²) in [5, 5.41) is 14.9. The van der Waals surface area contributed by atoms with E-state index in [1.165, 1.54) is 7.11 Å². The molecular weight excluding hydrogens is 459 g/mol. The van der Waals surface area contributed by atoms with E-state index in [0.717, 1.165) is 56.2 Å². The molecule has 0 saturated heterocycles. The first-order valence-corrected chi connectivity index (χ1v) is 9.12. The van der Waals surface area contributed by atoms with Gasteiger partial charge in [0.2, 0.25) is 0 Å². The van der Waals surface area contributed by atoms with Crippen molar-refractivity contribution in [1.82, 2.24) is 25.2 Å². The molecule has 0 fully saturated rings. The highest BCUT2D eigenvalue weighted by molar-refractivity contribution is 14.0. The smallest absolute Gasteiger partial charge is 0.305 e. The number of aromatic nitrogens is 3. The summed E-state index contributed by atoms with van der Waals surface area (Å²) in [4.78, 5) is 15.6. The molecule has 0 spiro atoms. The zero-order valence-electron chi connectivity index (χ0n) is 16.0. The van der Waals surface area contributed by atoms with Crippen LogP contribution in [0.15, 0.2) is 29.4 Å². The van der Waals surface area contributed by atoms with Crippen molar-refractivity contribution in [2.45, 2.75) is 45.6 Å². The van der Waals surface area contributed by atoms with Crippen LogP contribution in [-0.2, 0) is 16.1 Å². The topological polar surface area (TPSA) is 92.9 Å². The van der Waals surface area contributed by atoms with Gasteiger partial charge in [-0.2, -0.15) is 0 Å². The Morgan fingerprint density at radius 3 is 2.78 bits per heavy atom. The number of hydrogen-bond acceptors (Lipinski definition) is 5. The molecule has 0 amide bonds. The van der Waals surface area contributed by atoms with E-state index in [-0.39, 0.29) is 29.9 Å². The van der Waals surface area contributed by atoms with Gasteiger partial charge in [-0.1, -0.05) is 18.9 Å². The molecule has 2 heterocycles. The number of rotatable bonds is 10. The number of methoxy groups -OCH3 is 1. The standard InChI is InChI=1S/C18H28N6O2.HI/c1-3-19-18(20-12-8-5-4-6-11-17(25)26-2)21-14-16-23-22-15-10-7-9-13-24(15)16;/h7,9-10,13H,3-6,8,11-12,14H2,1-2H3,(H2,19,20,21);1H. The second-order valence-corrected chi connectivity index (χ2v) is 5.91. The van der Waals surface area contributed by atoms with Gasteiger partial charge in [0.05, 0.1) is 7.11 Å². The van der Waals surface area contributed by atoms with E-state index in [9.17, 15) is 4.79 Å². The summed E-state index contributed by atoms with van der Waals surface area (Å²) >= 11 is 0. The highest BCUT2D eigenvalue weighted by Crippen LogP contribution is 2.04. The molecule has 2 aromatic heterocycles. The van der Waals surface area contributed by atoms with Gasteiger partial charge < -0.3 is 15.4 Å². The molecule has 8 nitrogen and oxygen atoms in total. The van der Waals surface area contributed by atoms with Gasteiger partial charge >= 0.3 is 5.97 Å². The molecule has 0 aliphatic carbocycles. The zero-order valence-corrected chi connectivity index (χ0v) is 18.3. The molecule has 27 heavy (non-hydrogen) atoms. The van der Waals surface area contributed by atoms with Gasteiger partial charge in [-0.25, -0.2) is 4.99 Å². The first-order valence-electron chi connectivity index (χ1n) is 9.12. The lowest BCUT2D eigenvalue weighted by molar-refractivity contribution is -0.140. The van der Waals surface area contributed by atoms with Crippen LogP contribution in [0.4, 0.5) is 0 Å². The fraction of sp³-hybridized carbons (Fsp3) is 0.556. The van der Waals surface area contributed by atoms with Crippen LogP contribution in [0.25, 0.3) is 5.65 Å². The number of aliphatic imine (C=N–C) groups is 1. The summed E-state index contributed by atoms with van der Waals surface area (Å²) in [5.41, 5.74) is 0.822. The predicted octanol–water partition coefficient (Wildman–Crippen LogP) is 2.53. The van der Waals surface area contributed by atoms with E-state index in [1.54, 1.807) is 0 Å². The Morgan fingerprint density at radius 2 is 2.00 bits per heavy atom. The SMILES string of the molecule is CCNC(=NCc1nnc2ccccn12)NCCCCCCC(=O)OC.I. The van der Waals surface area contributed by atoms with Crippen LogP contribution in [-0.4, -0.2) is 46.7 Å². The highest BCUT2D eigenvalue weighted by atomic mass is 127. The van der Waals surface area contributed by atoms with Crippen molar-refractivity contribution in [2.24, 2.45) is 4.99 Å². The average Bonchev–Trinajstić information content (AvgIpc) is 3.08. The fourth-order valence-corrected chi connectivity index (χ4v) is 2.55. The van der Waals surface area contributed by atoms with Crippen molar-refractivity contribution in [3.05, 3.63) is 30.2 Å². The molecule has 0 unspecified atom stereocenters. The van der Waals surface area contributed by atoms with Crippen molar-refractivity contribution < 1.29 is 9.53 Å². The van der Waals surface area contributed by atoms with Crippen LogP contribution in [0, 0.1) is 0 Å². The van der Waals surface area contributed by atoms with Crippen molar-refractivity contribution in [1.29, 1.82) is 0 Å². The van der Waals surface area contributed by atoms with Gasteiger partial charge in [-0.3, -0.25) is 9.20 Å². The normalized spacial score (nSPS) is 11.1. The Labute approximate surface area is 177 Å². The van der Waals surface area contributed by atoms with Gasteiger partial charge in [0, 0.05) is 25.7 Å². The second-order valence-electron chi connectivity index (χ2n) is 5.91. The summed E-state index contributed by atoms with van der Waals surface area (Å²) in [6, 6.07) is 5.81. The molecule has 0 aromatic carbocycles. The van der Waals surface area contributed by atoms with Gasteiger partial charge in [0.15, 0.2) is 17.4 Å². The molecule has 0 aliphatic rings. The minimum absolute atomic E-state index is 0. The van der Waals surface area contributed by atoms with E-state index in [4.69, 9.17) is 0 Å². The number of carbonyl (C=O) groups excluding carboxylic acids is 1. The number of halogens is 1. The van der Waals surface area contributed by atoms with Crippen molar-refractivity contribution in [3.8, 4) is 0 Å². The zero-order chi connectivity index (χ0) is 18.6. The Balaban J connectivity index is 0.00000364. The number of nitrogens with one attached hydrogen (secondary N) is 2. The van der Waals surface area contributed by atoms with Gasteiger partial charge in [0.25, 0.3) is 0 Å². The molecule has 2 rings (SSSR count). The third kappa shape index (κ3) is 8.10. The van der Waals surface area contributed by atoms with E-state index in [2.05, 4.69) is 30.6 Å². The van der Waals surface area contributed by atoms with Gasteiger partial charge in [0.1, 0.15) is 6.54 Å². The van der Waals surface area contributed by atoms with Crippen LogP contribution < -0.4 is 10.6 Å². The van der Waals surface area contributed by atoms with Crippen LogP contribution in [0.1, 0.15) is 44.9 Å². The number of esters is 1. The maximum Gasteiger partial charge on any atom is 0.305 e. The third-order valence-corrected chi connectivity index (χ3v) is 3.93. The molecule has 2 aromatic rings. The van der Waals surface area contributed by atoms with Crippen molar-refractivity contribution in [2.75, 3.05) is 20.2 Å². The maximum atomic E-state index is 11.0. The minimum atomic E-state index is -0.134. The Morgan fingerprint density at radius 1 is 1.19 bits per heavy atom. The van der Waals surface area contributed by atoms with Crippen molar-refractivity contribution in [3.63, 3.8) is 0 Å². The first kappa shape index (κ1) is 23.1. The van der Waals surface area contributed by atoms with Crippen molar-refractivity contribution >= 4 is 41.6 Å². The second kappa shape index (κ2) is 13.3. The van der Waals surface area contributed by atoms with Crippen LogP contribution in [0.5, 0.6) is 0 Å².